The lowest BCUT2D eigenvalue weighted by atomic mass is 9.84. The van der Waals surface area contributed by atoms with Crippen LogP contribution in [0.1, 0.15) is 43.5 Å². The van der Waals surface area contributed by atoms with Crippen molar-refractivity contribution in [2.24, 2.45) is 5.41 Å². The van der Waals surface area contributed by atoms with Crippen LogP contribution in [-0.4, -0.2) is 28.6 Å². The Morgan fingerprint density at radius 2 is 1.95 bits per heavy atom. The molecule has 5 nitrogen and oxygen atoms in total. The van der Waals surface area contributed by atoms with E-state index >= 15 is 0 Å². The van der Waals surface area contributed by atoms with Gasteiger partial charge in [0.2, 0.25) is 0 Å². The zero-order valence-corrected chi connectivity index (χ0v) is 14.3. The van der Waals surface area contributed by atoms with E-state index in [9.17, 15) is 14.7 Å². The van der Waals surface area contributed by atoms with E-state index in [1.54, 1.807) is 12.1 Å². The zero-order valence-electron chi connectivity index (χ0n) is 12.1. The molecule has 0 atom stereocenters. The maximum Gasteiger partial charge on any atom is 0.303 e. The molecule has 1 amide bonds. The number of halogens is 1. The lowest BCUT2D eigenvalue weighted by Crippen LogP contribution is -2.28. The molecule has 0 saturated heterocycles. The first-order valence-electron chi connectivity index (χ1n) is 6.70. The van der Waals surface area contributed by atoms with Crippen LogP contribution in [0.2, 0.25) is 0 Å². The summed E-state index contributed by atoms with van der Waals surface area (Å²) in [6, 6.07) is 4.78. The predicted molar refractivity (Wildman–Crippen MR) is 88.4 cm³/mol. The second kappa shape index (κ2) is 7.63. The van der Waals surface area contributed by atoms with Crippen molar-refractivity contribution in [3.63, 3.8) is 0 Å². The van der Waals surface area contributed by atoms with E-state index in [2.05, 4.69) is 5.32 Å². The third kappa shape index (κ3) is 6.33. The number of nitrogens with one attached hydrogen (secondary N) is 1. The highest BCUT2D eigenvalue weighted by Crippen LogP contribution is 2.26. The summed E-state index contributed by atoms with van der Waals surface area (Å²) >= 11 is 1.99. The molecule has 0 aliphatic rings. The number of carboxylic acid groups (broad SMARTS) is 1. The molecule has 3 N–H and O–H groups in total. The molecule has 6 heteroatoms. The highest BCUT2D eigenvalue weighted by atomic mass is 127. The van der Waals surface area contributed by atoms with E-state index in [0.717, 1.165) is 0 Å². The molecule has 0 radical (unpaired) electrons. The summed E-state index contributed by atoms with van der Waals surface area (Å²) in [4.78, 5) is 22.5. The number of aromatic hydroxyl groups is 1. The van der Waals surface area contributed by atoms with Crippen molar-refractivity contribution in [1.82, 2.24) is 5.32 Å². The van der Waals surface area contributed by atoms with Gasteiger partial charge in [0, 0.05) is 18.5 Å². The molecule has 0 fully saturated rings. The van der Waals surface area contributed by atoms with Gasteiger partial charge in [0.15, 0.2) is 0 Å². The summed E-state index contributed by atoms with van der Waals surface area (Å²) in [5.41, 5.74) is 0.274. The fourth-order valence-corrected chi connectivity index (χ4v) is 2.18. The summed E-state index contributed by atoms with van der Waals surface area (Å²) in [7, 11) is 0. The number of carbonyl (C=O) groups excluding carboxylic acids is 1. The minimum absolute atomic E-state index is 0.0880. The molecule has 1 aromatic rings. The van der Waals surface area contributed by atoms with Crippen LogP contribution in [0.4, 0.5) is 0 Å². The van der Waals surface area contributed by atoms with Crippen molar-refractivity contribution in [1.29, 1.82) is 0 Å². The molecule has 1 aromatic carbocycles. The first kappa shape index (κ1) is 17.7. The lowest BCUT2D eigenvalue weighted by Gasteiger charge is -2.23. The van der Waals surface area contributed by atoms with Crippen LogP contribution in [0.15, 0.2) is 18.2 Å². The molecule has 0 aromatic heterocycles. The zero-order chi connectivity index (χ0) is 16.0. The number of hydrogen-bond donors (Lipinski definition) is 3. The molecule has 116 valence electrons. The molecule has 0 heterocycles. The Bertz CT molecular complexity index is 528. The fourth-order valence-electron chi connectivity index (χ4n) is 1.84. The van der Waals surface area contributed by atoms with Gasteiger partial charge in [-0.05, 0) is 59.0 Å². The number of hydrogen-bond acceptors (Lipinski definition) is 3. The van der Waals surface area contributed by atoms with E-state index in [1.165, 1.54) is 6.07 Å². The van der Waals surface area contributed by atoms with E-state index in [0.29, 0.717) is 28.5 Å². The summed E-state index contributed by atoms with van der Waals surface area (Å²) in [6.07, 6.45) is 1.40. The van der Waals surface area contributed by atoms with Crippen molar-refractivity contribution in [3.05, 3.63) is 27.3 Å². The average Bonchev–Trinajstić information content (AvgIpc) is 2.39. The van der Waals surface area contributed by atoms with Crippen LogP contribution in [-0.2, 0) is 4.79 Å². The Hall–Kier alpha value is -1.31. The van der Waals surface area contributed by atoms with Crippen LogP contribution in [0.25, 0.3) is 0 Å². The number of carboxylic acids is 1. The van der Waals surface area contributed by atoms with Gasteiger partial charge in [-0.25, -0.2) is 0 Å². The SMILES string of the molecule is CC(C)(CCNC(=O)c1ccc(I)c(O)c1)CCC(=O)O. The van der Waals surface area contributed by atoms with Gasteiger partial charge in [0.05, 0.1) is 3.57 Å². The number of rotatable bonds is 7. The molecule has 0 saturated carbocycles. The molecule has 0 aliphatic heterocycles. The highest BCUT2D eigenvalue weighted by Gasteiger charge is 2.19. The van der Waals surface area contributed by atoms with Crippen LogP contribution >= 0.6 is 22.6 Å². The average molecular weight is 405 g/mol. The number of amides is 1. The van der Waals surface area contributed by atoms with Gasteiger partial charge in [-0.1, -0.05) is 13.8 Å². The molecular weight excluding hydrogens is 385 g/mol. The number of aliphatic carboxylic acids is 1. The topological polar surface area (TPSA) is 86.6 Å². The van der Waals surface area contributed by atoms with E-state index in [-0.39, 0.29) is 23.5 Å². The third-order valence-corrected chi connectivity index (χ3v) is 4.22. The van der Waals surface area contributed by atoms with Crippen molar-refractivity contribution in [2.75, 3.05) is 6.54 Å². The first-order valence-corrected chi connectivity index (χ1v) is 7.78. The van der Waals surface area contributed by atoms with Gasteiger partial charge in [0.1, 0.15) is 5.75 Å². The molecule has 1 rings (SSSR count). The summed E-state index contributed by atoms with van der Waals surface area (Å²) in [5.74, 6) is -0.956. The smallest absolute Gasteiger partial charge is 0.303 e. The Morgan fingerprint density at radius 3 is 2.52 bits per heavy atom. The summed E-state index contributed by atoms with van der Waals surface area (Å²) in [6.45, 7) is 4.44. The Morgan fingerprint density at radius 1 is 1.29 bits per heavy atom. The Kier molecular flexibility index (Phi) is 6.44. The van der Waals surface area contributed by atoms with Crippen molar-refractivity contribution in [2.45, 2.75) is 33.1 Å². The second-order valence-corrected chi connectivity index (χ2v) is 6.89. The van der Waals surface area contributed by atoms with Crippen LogP contribution < -0.4 is 5.32 Å². The number of phenols is 1. The van der Waals surface area contributed by atoms with Crippen molar-refractivity contribution < 1.29 is 19.8 Å². The van der Waals surface area contributed by atoms with Gasteiger partial charge in [-0.15, -0.1) is 0 Å². The monoisotopic (exact) mass is 405 g/mol. The van der Waals surface area contributed by atoms with Crippen LogP contribution in [0, 0.1) is 8.99 Å². The van der Waals surface area contributed by atoms with E-state index in [1.807, 2.05) is 36.4 Å². The van der Waals surface area contributed by atoms with Gasteiger partial charge in [-0.3, -0.25) is 9.59 Å². The van der Waals surface area contributed by atoms with E-state index in [4.69, 9.17) is 5.11 Å². The quantitative estimate of drug-likeness (QED) is 0.609. The van der Waals surface area contributed by atoms with Crippen LogP contribution in [0.5, 0.6) is 5.75 Å². The Labute approximate surface area is 137 Å². The maximum atomic E-state index is 11.9. The second-order valence-electron chi connectivity index (χ2n) is 5.73. The van der Waals surface area contributed by atoms with Crippen molar-refractivity contribution in [3.8, 4) is 5.75 Å². The van der Waals surface area contributed by atoms with Gasteiger partial charge in [0.25, 0.3) is 5.91 Å². The Balaban J connectivity index is 2.46. The van der Waals surface area contributed by atoms with Crippen LogP contribution in [0.3, 0.4) is 0 Å². The third-order valence-electron chi connectivity index (χ3n) is 3.31. The molecule has 0 unspecified atom stereocenters. The first-order chi connectivity index (χ1) is 9.71. The lowest BCUT2D eigenvalue weighted by molar-refractivity contribution is -0.137. The minimum Gasteiger partial charge on any atom is -0.507 e. The molecule has 0 spiro atoms. The van der Waals surface area contributed by atoms with Gasteiger partial charge >= 0.3 is 5.97 Å². The minimum atomic E-state index is -0.804. The number of carbonyl (C=O) groups is 2. The molecule has 21 heavy (non-hydrogen) atoms. The number of phenolic OH excluding ortho intramolecular Hbond substituents is 1. The van der Waals surface area contributed by atoms with Gasteiger partial charge < -0.3 is 15.5 Å². The largest absolute Gasteiger partial charge is 0.507 e. The number of benzene rings is 1. The summed E-state index contributed by atoms with van der Waals surface area (Å²) in [5, 5.41) is 21.1. The standard InChI is InChI=1S/C15H20INO4/c1-15(2,6-5-13(19)20)7-8-17-14(21)10-3-4-11(16)12(18)9-10/h3-4,9,18H,5-8H2,1-2H3,(H,17,21)(H,19,20). The maximum absolute atomic E-state index is 11.9. The molecule has 0 bridgehead atoms. The van der Waals surface area contributed by atoms with Crippen molar-refractivity contribution >= 4 is 34.5 Å². The predicted octanol–water partition coefficient (Wildman–Crippen LogP) is 3.01. The van der Waals surface area contributed by atoms with Gasteiger partial charge in [-0.2, -0.15) is 0 Å². The molecule has 0 aliphatic carbocycles. The normalized spacial score (nSPS) is 11.2. The fraction of sp³-hybridized carbons (Fsp3) is 0.467. The molecular formula is C15H20INO4. The van der Waals surface area contributed by atoms with E-state index < -0.39 is 5.97 Å². The summed E-state index contributed by atoms with van der Waals surface area (Å²) < 4.78 is 0.693. The highest BCUT2D eigenvalue weighted by molar-refractivity contribution is 14.1.